The lowest BCUT2D eigenvalue weighted by Crippen LogP contribution is -2.48. The van der Waals surface area contributed by atoms with E-state index in [9.17, 15) is 9.18 Å². The monoisotopic (exact) mass is 644 g/mol. The van der Waals surface area contributed by atoms with Crippen LogP contribution in [-0.4, -0.2) is 96.2 Å². The van der Waals surface area contributed by atoms with Gasteiger partial charge in [-0.2, -0.15) is 0 Å². The molecule has 252 valence electrons. The highest BCUT2D eigenvalue weighted by Gasteiger charge is 2.24. The molecule has 2 saturated heterocycles. The molecule has 0 bridgehead atoms. The third-order valence-electron chi connectivity index (χ3n) is 9.74. The van der Waals surface area contributed by atoms with E-state index in [2.05, 4.69) is 63.1 Å². The molecule has 2 aliphatic heterocycles. The molecule has 3 heterocycles. The van der Waals surface area contributed by atoms with Crippen LogP contribution in [0.1, 0.15) is 61.0 Å². The van der Waals surface area contributed by atoms with Crippen molar-refractivity contribution >= 4 is 5.91 Å². The number of aromatic nitrogens is 1. The number of halogens is 1. The standard InChI is InChI=1S/C37H49FN6O3/c1-26(2)44-14-12-42(13-15-44)24-27-6-11-34(29(20-27)25-43-16-18-46-19-17-43)28-4-3-5-33(21-28)47-37-35(22-30(38)23-40-37)36(45)41-32-9-7-31(39)8-10-32/h3-6,11,20-23,26,31-32H,7-10,12-19,24-25,39H2,1-2H3,(H,41,45)/t31-,32-. The summed E-state index contributed by atoms with van der Waals surface area (Å²) in [5.41, 5.74) is 10.8. The van der Waals surface area contributed by atoms with Gasteiger partial charge in [-0.05, 0) is 80.0 Å². The predicted molar refractivity (Wildman–Crippen MR) is 182 cm³/mol. The number of nitrogens with one attached hydrogen (secondary N) is 1. The lowest BCUT2D eigenvalue weighted by molar-refractivity contribution is 0.0342. The van der Waals surface area contributed by atoms with Gasteiger partial charge in [-0.3, -0.25) is 19.5 Å². The van der Waals surface area contributed by atoms with Crippen molar-refractivity contribution in [3.63, 3.8) is 0 Å². The fraction of sp³-hybridized carbons (Fsp3) is 0.514. The second kappa shape index (κ2) is 15.7. The van der Waals surface area contributed by atoms with Gasteiger partial charge < -0.3 is 20.5 Å². The minimum atomic E-state index is -0.587. The number of rotatable bonds is 10. The SMILES string of the molecule is CC(C)N1CCN(Cc2ccc(-c3cccc(Oc4ncc(F)cc4C(=O)N[C@H]4CC[C@H](N)CC4)c3)c(CN3CCOCC3)c2)CC1. The van der Waals surface area contributed by atoms with Crippen LogP contribution in [-0.2, 0) is 17.8 Å². The first-order chi connectivity index (χ1) is 22.8. The van der Waals surface area contributed by atoms with E-state index in [4.69, 9.17) is 15.2 Å². The summed E-state index contributed by atoms with van der Waals surface area (Å²) in [4.78, 5) is 25.0. The fourth-order valence-electron chi connectivity index (χ4n) is 6.89. The molecule has 0 unspecified atom stereocenters. The van der Waals surface area contributed by atoms with E-state index in [-0.39, 0.29) is 23.5 Å². The first kappa shape index (κ1) is 33.5. The van der Waals surface area contributed by atoms with Crippen LogP contribution in [0.25, 0.3) is 11.1 Å². The Hall–Kier alpha value is -3.41. The Morgan fingerprint density at radius 1 is 0.979 bits per heavy atom. The maximum absolute atomic E-state index is 14.3. The summed E-state index contributed by atoms with van der Waals surface area (Å²) in [7, 11) is 0. The summed E-state index contributed by atoms with van der Waals surface area (Å²) >= 11 is 0. The van der Waals surface area contributed by atoms with Crippen LogP contribution >= 0.6 is 0 Å². The maximum Gasteiger partial charge on any atom is 0.257 e. The van der Waals surface area contributed by atoms with Crippen molar-refractivity contribution in [2.75, 3.05) is 52.5 Å². The molecule has 3 fully saturated rings. The minimum Gasteiger partial charge on any atom is -0.438 e. The van der Waals surface area contributed by atoms with Crippen molar-refractivity contribution < 1.29 is 18.7 Å². The number of nitrogens with zero attached hydrogens (tertiary/aromatic N) is 4. The lowest BCUT2D eigenvalue weighted by atomic mass is 9.91. The van der Waals surface area contributed by atoms with Gasteiger partial charge in [-0.25, -0.2) is 9.37 Å². The molecule has 0 atom stereocenters. The molecular weight excluding hydrogens is 595 g/mol. The van der Waals surface area contributed by atoms with Crippen LogP contribution in [0.5, 0.6) is 11.6 Å². The van der Waals surface area contributed by atoms with Crippen molar-refractivity contribution in [2.45, 2.75) is 70.7 Å². The van der Waals surface area contributed by atoms with Gasteiger partial charge in [-0.15, -0.1) is 0 Å². The number of piperazine rings is 1. The van der Waals surface area contributed by atoms with Gasteiger partial charge in [0.05, 0.1) is 19.4 Å². The molecule has 3 aliphatic rings. The van der Waals surface area contributed by atoms with Crippen molar-refractivity contribution in [1.29, 1.82) is 0 Å². The number of hydrogen-bond donors (Lipinski definition) is 2. The molecule has 3 N–H and O–H groups in total. The number of pyridine rings is 1. The van der Waals surface area contributed by atoms with Gasteiger partial charge >= 0.3 is 0 Å². The second-order valence-electron chi connectivity index (χ2n) is 13.5. The summed E-state index contributed by atoms with van der Waals surface area (Å²) in [6.07, 6.45) is 4.39. The summed E-state index contributed by atoms with van der Waals surface area (Å²) in [6.45, 7) is 13.9. The molecular formula is C37H49FN6O3. The quantitative estimate of drug-likeness (QED) is 0.317. The molecule has 10 heteroatoms. The zero-order chi connectivity index (χ0) is 32.8. The zero-order valence-corrected chi connectivity index (χ0v) is 27.8. The van der Waals surface area contributed by atoms with Gasteiger partial charge in [0, 0.05) is 70.5 Å². The Bertz CT molecular complexity index is 1500. The molecule has 1 aliphatic carbocycles. The first-order valence-corrected chi connectivity index (χ1v) is 17.2. The lowest BCUT2D eigenvalue weighted by Gasteiger charge is -2.37. The number of nitrogens with two attached hydrogens (primary N) is 1. The smallest absolute Gasteiger partial charge is 0.257 e. The van der Waals surface area contributed by atoms with Crippen molar-refractivity contribution in [3.8, 4) is 22.8 Å². The third kappa shape index (κ3) is 8.94. The van der Waals surface area contributed by atoms with Gasteiger partial charge in [0.1, 0.15) is 17.1 Å². The predicted octanol–water partition coefficient (Wildman–Crippen LogP) is 5.04. The second-order valence-corrected chi connectivity index (χ2v) is 13.5. The Balaban J connectivity index is 1.21. The molecule has 1 amide bonds. The van der Waals surface area contributed by atoms with Crippen LogP contribution in [0.2, 0.25) is 0 Å². The largest absolute Gasteiger partial charge is 0.438 e. The van der Waals surface area contributed by atoms with E-state index >= 15 is 0 Å². The summed E-state index contributed by atoms with van der Waals surface area (Å²) in [5, 5.41) is 3.03. The van der Waals surface area contributed by atoms with Crippen molar-refractivity contribution in [2.24, 2.45) is 5.73 Å². The van der Waals surface area contributed by atoms with Gasteiger partial charge in [0.2, 0.25) is 5.88 Å². The number of amides is 1. The van der Waals surface area contributed by atoms with Gasteiger partial charge in [0.15, 0.2) is 0 Å². The Labute approximate surface area is 278 Å². The number of ether oxygens (including phenoxy) is 2. The van der Waals surface area contributed by atoms with Crippen LogP contribution in [0.3, 0.4) is 0 Å². The Kier molecular flexibility index (Phi) is 11.2. The molecule has 1 saturated carbocycles. The van der Waals surface area contributed by atoms with Crippen LogP contribution < -0.4 is 15.8 Å². The minimum absolute atomic E-state index is 0.000693. The number of carbonyl (C=O) groups excluding carboxylic acids is 1. The number of benzene rings is 2. The fourth-order valence-corrected chi connectivity index (χ4v) is 6.89. The van der Waals surface area contributed by atoms with Crippen molar-refractivity contribution in [1.82, 2.24) is 25.0 Å². The summed E-state index contributed by atoms with van der Waals surface area (Å²) < 4.78 is 26.1. The maximum atomic E-state index is 14.3. The van der Waals surface area contributed by atoms with E-state index in [0.717, 1.165) is 109 Å². The first-order valence-electron chi connectivity index (χ1n) is 17.2. The van der Waals surface area contributed by atoms with Gasteiger partial charge in [0.25, 0.3) is 5.91 Å². The average Bonchev–Trinajstić information content (AvgIpc) is 3.07. The highest BCUT2D eigenvalue weighted by atomic mass is 19.1. The number of carbonyl (C=O) groups is 1. The molecule has 9 nitrogen and oxygen atoms in total. The van der Waals surface area contributed by atoms with E-state index in [1.54, 1.807) is 0 Å². The molecule has 1 aromatic heterocycles. The van der Waals surface area contributed by atoms with E-state index in [0.29, 0.717) is 11.8 Å². The van der Waals surface area contributed by atoms with Crippen LogP contribution in [0.15, 0.2) is 54.7 Å². The highest BCUT2D eigenvalue weighted by Crippen LogP contribution is 2.32. The van der Waals surface area contributed by atoms with E-state index < -0.39 is 11.7 Å². The van der Waals surface area contributed by atoms with Crippen LogP contribution in [0.4, 0.5) is 4.39 Å². The van der Waals surface area contributed by atoms with Gasteiger partial charge in [-0.1, -0.05) is 30.3 Å². The molecule has 0 radical (unpaired) electrons. The summed E-state index contributed by atoms with van der Waals surface area (Å²) in [5.74, 6) is -0.368. The average molecular weight is 645 g/mol. The normalized spacial score (nSPS) is 21.6. The Morgan fingerprint density at radius 2 is 1.72 bits per heavy atom. The summed E-state index contributed by atoms with van der Waals surface area (Å²) in [6, 6.07) is 16.6. The van der Waals surface area contributed by atoms with Crippen molar-refractivity contribution in [3.05, 3.63) is 77.2 Å². The third-order valence-corrected chi connectivity index (χ3v) is 9.74. The molecule has 3 aromatic rings. The Morgan fingerprint density at radius 3 is 2.47 bits per heavy atom. The number of morpholine rings is 1. The molecule has 2 aromatic carbocycles. The topological polar surface area (TPSA) is 96.2 Å². The molecule has 6 rings (SSSR count). The van der Waals surface area contributed by atoms with E-state index in [1.165, 1.54) is 17.2 Å². The highest BCUT2D eigenvalue weighted by molar-refractivity contribution is 5.96. The number of hydrogen-bond acceptors (Lipinski definition) is 8. The zero-order valence-electron chi connectivity index (χ0n) is 27.8. The molecule has 0 spiro atoms. The van der Waals surface area contributed by atoms with Crippen LogP contribution in [0, 0.1) is 5.82 Å². The van der Waals surface area contributed by atoms with E-state index in [1.807, 2.05) is 18.2 Å². The molecule has 47 heavy (non-hydrogen) atoms.